The summed E-state index contributed by atoms with van der Waals surface area (Å²) in [5.74, 6) is -0.163. The SMILES string of the molecule is CCCCC(=O)NCCNC(=O)c1cccc(Cl)c1. The van der Waals surface area contributed by atoms with Gasteiger partial charge >= 0.3 is 0 Å². The summed E-state index contributed by atoms with van der Waals surface area (Å²) in [6.45, 7) is 2.89. The Balaban J connectivity index is 2.22. The molecule has 5 heteroatoms. The third-order valence-corrected chi connectivity index (χ3v) is 2.81. The van der Waals surface area contributed by atoms with Gasteiger partial charge in [-0.05, 0) is 24.6 Å². The van der Waals surface area contributed by atoms with Gasteiger partial charge in [0.2, 0.25) is 5.91 Å². The molecule has 0 aliphatic carbocycles. The highest BCUT2D eigenvalue weighted by molar-refractivity contribution is 6.30. The molecule has 0 heterocycles. The summed E-state index contributed by atoms with van der Waals surface area (Å²) in [4.78, 5) is 23.1. The van der Waals surface area contributed by atoms with Crippen molar-refractivity contribution in [3.63, 3.8) is 0 Å². The van der Waals surface area contributed by atoms with Crippen LogP contribution >= 0.6 is 11.6 Å². The third-order valence-electron chi connectivity index (χ3n) is 2.58. The van der Waals surface area contributed by atoms with Gasteiger partial charge in [0.15, 0.2) is 0 Å². The summed E-state index contributed by atoms with van der Waals surface area (Å²) in [7, 11) is 0. The van der Waals surface area contributed by atoms with Crippen LogP contribution in [0.3, 0.4) is 0 Å². The summed E-state index contributed by atoms with van der Waals surface area (Å²) in [6, 6.07) is 6.74. The van der Waals surface area contributed by atoms with Crippen molar-refractivity contribution in [2.45, 2.75) is 26.2 Å². The lowest BCUT2D eigenvalue weighted by Gasteiger charge is -2.07. The van der Waals surface area contributed by atoms with Crippen molar-refractivity contribution in [1.29, 1.82) is 0 Å². The number of carbonyl (C=O) groups excluding carboxylic acids is 2. The largest absolute Gasteiger partial charge is 0.354 e. The first kappa shape index (κ1) is 15.5. The van der Waals surface area contributed by atoms with Crippen molar-refractivity contribution in [2.24, 2.45) is 0 Å². The Labute approximate surface area is 118 Å². The minimum atomic E-state index is -0.190. The fraction of sp³-hybridized carbons (Fsp3) is 0.429. The predicted molar refractivity (Wildman–Crippen MR) is 76.3 cm³/mol. The van der Waals surface area contributed by atoms with Gasteiger partial charge in [-0.1, -0.05) is 31.0 Å². The molecule has 0 atom stereocenters. The topological polar surface area (TPSA) is 58.2 Å². The Bertz CT molecular complexity index is 435. The smallest absolute Gasteiger partial charge is 0.251 e. The number of hydrogen-bond donors (Lipinski definition) is 2. The van der Waals surface area contributed by atoms with Crippen molar-refractivity contribution in [3.05, 3.63) is 34.9 Å². The van der Waals surface area contributed by atoms with Gasteiger partial charge < -0.3 is 10.6 Å². The first-order valence-corrected chi connectivity index (χ1v) is 6.81. The normalized spacial score (nSPS) is 10.0. The molecule has 2 amide bonds. The molecule has 2 N–H and O–H groups in total. The molecule has 0 saturated heterocycles. The van der Waals surface area contributed by atoms with E-state index in [9.17, 15) is 9.59 Å². The first-order chi connectivity index (χ1) is 9.13. The van der Waals surface area contributed by atoms with E-state index >= 15 is 0 Å². The molecular weight excluding hydrogens is 264 g/mol. The van der Waals surface area contributed by atoms with Crippen molar-refractivity contribution >= 4 is 23.4 Å². The maximum absolute atomic E-state index is 11.7. The first-order valence-electron chi connectivity index (χ1n) is 6.44. The maximum atomic E-state index is 11.7. The summed E-state index contributed by atoms with van der Waals surface area (Å²) in [5, 5.41) is 6.01. The van der Waals surface area contributed by atoms with Crippen LogP contribution in [-0.2, 0) is 4.79 Å². The van der Waals surface area contributed by atoms with Crippen LogP contribution in [0.4, 0.5) is 0 Å². The van der Waals surface area contributed by atoms with Crippen molar-refractivity contribution in [1.82, 2.24) is 10.6 Å². The van der Waals surface area contributed by atoms with Crippen LogP contribution in [0.5, 0.6) is 0 Å². The third kappa shape index (κ3) is 6.25. The lowest BCUT2D eigenvalue weighted by Crippen LogP contribution is -2.34. The molecule has 1 aromatic carbocycles. The van der Waals surface area contributed by atoms with E-state index in [1.807, 2.05) is 6.92 Å². The Kier molecular flexibility index (Phi) is 6.97. The lowest BCUT2D eigenvalue weighted by atomic mass is 10.2. The molecule has 4 nitrogen and oxygen atoms in total. The molecule has 19 heavy (non-hydrogen) atoms. The number of amides is 2. The number of nitrogens with one attached hydrogen (secondary N) is 2. The molecule has 0 radical (unpaired) electrons. The van der Waals surface area contributed by atoms with Crippen LogP contribution in [0, 0.1) is 0 Å². The molecule has 0 aliphatic heterocycles. The molecular formula is C14H19ClN2O2. The molecule has 0 unspecified atom stereocenters. The number of benzene rings is 1. The van der Waals surface area contributed by atoms with Gasteiger partial charge in [0, 0.05) is 30.1 Å². The monoisotopic (exact) mass is 282 g/mol. The maximum Gasteiger partial charge on any atom is 0.251 e. The molecule has 1 aromatic rings. The standard InChI is InChI=1S/C14H19ClN2O2/c1-2-3-7-13(18)16-8-9-17-14(19)11-5-4-6-12(15)10-11/h4-6,10H,2-3,7-9H2,1H3,(H,16,18)(H,17,19). The second-order valence-electron chi connectivity index (χ2n) is 4.22. The lowest BCUT2D eigenvalue weighted by molar-refractivity contribution is -0.121. The highest BCUT2D eigenvalue weighted by Gasteiger charge is 2.05. The van der Waals surface area contributed by atoms with Crippen LogP contribution in [0.15, 0.2) is 24.3 Å². The molecule has 0 bridgehead atoms. The van der Waals surface area contributed by atoms with Crippen molar-refractivity contribution < 1.29 is 9.59 Å². The molecule has 0 saturated carbocycles. The zero-order valence-corrected chi connectivity index (χ0v) is 11.8. The van der Waals surface area contributed by atoms with E-state index in [0.717, 1.165) is 12.8 Å². The van der Waals surface area contributed by atoms with Crippen molar-refractivity contribution in [3.8, 4) is 0 Å². The quantitative estimate of drug-likeness (QED) is 0.755. The fourth-order valence-electron chi connectivity index (χ4n) is 1.54. The number of rotatable bonds is 7. The number of carbonyl (C=O) groups is 2. The molecule has 104 valence electrons. The number of halogens is 1. The van der Waals surface area contributed by atoms with E-state index in [0.29, 0.717) is 30.1 Å². The second kappa shape index (κ2) is 8.53. The average molecular weight is 283 g/mol. The minimum absolute atomic E-state index is 0.0267. The summed E-state index contributed by atoms with van der Waals surface area (Å²) >= 11 is 5.80. The second-order valence-corrected chi connectivity index (χ2v) is 4.66. The molecule has 1 rings (SSSR count). The number of hydrogen-bond acceptors (Lipinski definition) is 2. The van der Waals surface area contributed by atoms with E-state index in [4.69, 9.17) is 11.6 Å². The molecule has 0 aliphatic rings. The minimum Gasteiger partial charge on any atom is -0.354 e. The van der Waals surface area contributed by atoms with E-state index in [2.05, 4.69) is 10.6 Å². The summed E-state index contributed by atoms with van der Waals surface area (Å²) in [6.07, 6.45) is 2.43. The van der Waals surface area contributed by atoms with Crippen LogP contribution < -0.4 is 10.6 Å². The van der Waals surface area contributed by atoms with Gasteiger partial charge in [0.1, 0.15) is 0 Å². The average Bonchev–Trinajstić information content (AvgIpc) is 2.41. The van der Waals surface area contributed by atoms with E-state index < -0.39 is 0 Å². The zero-order valence-electron chi connectivity index (χ0n) is 11.0. The van der Waals surface area contributed by atoms with Crippen LogP contribution in [0.1, 0.15) is 36.5 Å². The summed E-state index contributed by atoms with van der Waals surface area (Å²) < 4.78 is 0. The van der Waals surface area contributed by atoms with Gasteiger partial charge in [-0.25, -0.2) is 0 Å². The van der Waals surface area contributed by atoms with Gasteiger partial charge in [-0.3, -0.25) is 9.59 Å². The Morgan fingerprint density at radius 1 is 1.21 bits per heavy atom. The van der Waals surface area contributed by atoms with Crippen LogP contribution in [0.25, 0.3) is 0 Å². The van der Waals surface area contributed by atoms with Crippen LogP contribution in [-0.4, -0.2) is 24.9 Å². The van der Waals surface area contributed by atoms with Gasteiger partial charge in [0.25, 0.3) is 5.91 Å². The van der Waals surface area contributed by atoms with E-state index in [1.165, 1.54) is 0 Å². The zero-order chi connectivity index (χ0) is 14.1. The van der Waals surface area contributed by atoms with Gasteiger partial charge in [0.05, 0.1) is 0 Å². The summed E-state index contributed by atoms with van der Waals surface area (Å²) in [5.41, 5.74) is 0.518. The van der Waals surface area contributed by atoms with E-state index in [1.54, 1.807) is 24.3 Å². The Hall–Kier alpha value is -1.55. The predicted octanol–water partition coefficient (Wildman–Crippen LogP) is 2.38. The molecule has 0 aromatic heterocycles. The highest BCUT2D eigenvalue weighted by atomic mass is 35.5. The van der Waals surface area contributed by atoms with Crippen LogP contribution in [0.2, 0.25) is 5.02 Å². The Morgan fingerprint density at radius 2 is 1.95 bits per heavy atom. The van der Waals surface area contributed by atoms with E-state index in [-0.39, 0.29) is 11.8 Å². The van der Waals surface area contributed by atoms with Crippen molar-refractivity contribution in [2.75, 3.05) is 13.1 Å². The highest BCUT2D eigenvalue weighted by Crippen LogP contribution is 2.10. The fourth-order valence-corrected chi connectivity index (χ4v) is 1.73. The Morgan fingerprint density at radius 3 is 2.63 bits per heavy atom. The van der Waals surface area contributed by atoms with Gasteiger partial charge in [-0.15, -0.1) is 0 Å². The number of unbranched alkanes of at least 4 members (excludes halogenated alkanes) is 1. The molecule has 0 fully saturated rings. The van der Waals surface area contributed by atoms with Gasteiger partial charge in [-0.2, -0.15) is 0 Å². The molecule has 0 spiro atoms.